The SMILES string of the molecule is CC[C@H](Cc1ccccc1)C(=O)N[C@H](C(=O)N[C@@H](CCCN=C(N)N)C(=O)N[C@H](CCC(N)=O)C(=O)N[C@@H](C(=O)N[C@H](C(=O)N[C@@H](CO)C(=O)N[C@H]1C(=O)N[C@@H](C)C(=O)N[C@@H](CC(C)C)C(=O)N[C@@H]([C@@H](C)CC)C(=O)O[C@H]1C)[C@@H](C)CC)[C@H](C)CC)[C@@H](C)CC. The average Bonchev–Trinajstić information content (AvgIpc) is 3.55. The number of nitrogens with zero attached hydrogens (tertiary/aromatic N) is 1. The monoisotopic (exact) mass is 1270 g/mol. The number of hydrogen-bond donors (Lipinski definition) is 14. The molecule has 28 heteroatoms. The van der Waals surface area contributed by atoms with Crippen LogP contribution in [0.15, 0.2) is 35.3 Å². The van der Waals surface area contributed by atoms with Crippen molar-refractivity contribution >= 4 is 76.9 Å². The summed E-state index contributed by atoms with van der Waals surface area (Å²) in [7, 11) is 0. The van der Waals surface area contributed by atoms with Crippen LogP contribution in [-0.4, -0.2) is 162 Å². The van der Waals surface area contributed by atoms with E-state index in [1.165, 1.54) is 13.8 Å². The standard InChI is InChI=1S/C62H104N14O14/c1-14-33(8)46(72-52(80)40(18-5)30-39-23-20-19-21-24-39)57(85)69-41(25-22-28-66-62(64)65)53(81)68-42(26-27-45(63)78)54(82)73-48(35(10)16-3)59(87)74-47(34(9)15-2)58(86)71-44(31-77)56(84)76-50-38(13)90-61(89)49(36(11)17-4)75-55(83)43(29-32(6)7)70-51(79)37(12)67-60(50)88/h19-21,23-24,32-38,40-44,46-50,77H,14-18,22,25-31H2,1-13H3,(H2,63,78)(H,67,88)(H,68,81)(H,69,85)(H,70,79)(H,71,86)(H,72,80)(H,73,82)(H,74,87)(H,75,83)(H,76,84)(H4,64,65,66)/t33-,34-,35+,36-,37-,38-,40+,41-,42+,43-,44-,46-,47-,48+,49-,50+/m0/s1. The van der Waals surface area contributed by atoms with Gasteiger partial charge in [0.25, 0.3) is 0 Å². The minimum Gasteiger partial charge on any atom is -0.458 e. The lowest BCUT2D eigenvalue weighted by molar-refractivity contribution is -0.157. The Bertz CT molecular complexity index is 2610. The molecule has 0 bridgehead atoms. The van der Waals surface area contributed by atoms with E-state index in [4.69, 9.17) is 21.9 Å². The van der Waals surface area contributed by atoms with E-state index >= 15 is 0 Å². The van der Waals surface area contributed by atoms with Gasteiger partial charge in [-0.05, 0) is 87.5 Å². The maximum absolute atomic E-state index is 14.5. The number of hydrogen-bond acceptors (Lipinski definition) is 15. The van der Waals surface area contributed by atoms with Gasteiger partial charge in [0.2, 0.25) is 65.0 Å². The molecule has 0 aliphatic carbocycles. The normalized spacial score (nSPS) is 20.9. The molecule has 90 heavy (non-hydrogen) atoms. The summed E-state index contributed by atoms with van der Waals surface area (Å²) < 4.78 is 5.73. The highest BCUT2D eigenvalue weighted by Gasteiger charge is 2.41. The van der Waals surface area contributed by atoms with Crippen molar-refractivity contribution in [3.05, 3.63) is 35.9 Å². The lowest BCUT2D eigenvalue weighted by Crippen LogP contribution is -2.63. The zero-order chi connectivity index (χ0) is 68.1. The molecule has 0 radical (unpaired) electrons. The molecule has 1 aliphatic rings. The first kappa shape index (κ1) is 78.2. The molecule has 0 spiro atoms. The Morgan fingerprint density at radius 3 is 1.59 bits per heavy atom. The van der Waals surface area contributed by atoms with Gasteiger partial charge in [-0.15, -0.1) is 0 Å². The second-order valence-electron chi connectivity index (χ2n) is 24.2. The molecule has 1 aromatic rings. The topological polar surface area (TPSA) is 445 Å². The molecule has 2 rings (SSSR count). The fraction of sp³-hybridized carbons (Fsp3) is 0.694. The Morgan fingerprint density at radius 2 is 1.09 bits per heavy atom. The summed E-state index contributed by atoms with van der Waals surface area (Å²) in [6, 6.07) is -4.58. The number of esters is 1. The van der Waals surface area contributed by atoms with Gasteiger partial charge in [-0.2, -0.15) is 0 Å². The highest BCUT2D eigenvalue weighted by Crippen LogP contribution is 2.19. The molecular weight excluding hydrogens is 1160 g/mol. The Labute approximate surface area is 529 Å². The van der Waals surface area contributed by atoms with Gasteiger partial charge in [-0.25, -0.2) is 4.79 Å². The van der Waals surface area contributed by atoms with E-state index in [0.717, 1.165) is 5.56 Å². The molecule has 506 valence electrons. The van der Waals surface area contributed by atoms with E-state index in [2.05, 4.69) is 58.2 Å². The first-order valence-electron chi connectivity index (χ1n) is 31.6. The number of rotatable bonds is 35. The third-order valence-corrected chi connectivity index (χ3v) is 16.5. The number of primary amides is 1. The first-order valence-corrected chi connectivity index (χ1v) is 31.6. The number of amides is 11. The molecule has 0 unspecified atom stereocenters. The zero-order valence-electron chi connectivity index (χ0n) is 54.8. The van der Waals surface area contributed by atoms with Crippen LogP contribution in [-0.2, 0) is 68.7 Å². The number of aliphatic hydroxyl groups is 1. The maximum atomic E-state index is 14.5. The fourth-order valence-electron chi connectivity index (χ4n) is 9.78. The van der Waals surface area contributed by atoms with Crippen LogP contribution in [0.25, 0.3) is 0 Å². The first-order chi connectivity index (χ1) is 42.4. The molecule has 1 aromatic carbocycles. The smallest absolute Gasteiger partial charge is 0.329 e. The zero-order valence-corrected chi connectivity index (χ0v) is 54.8. The average molecular weight is 1270 g/mol. The number of cyclic esters (lactones) is 1. The van der Waals surface area contributed by atoms with E-state index in [9.17, 15) is 62.6 Å². The van der Waals surface area contributed by atoms with Crippen LogP contribution in [0.2, 0.25) is 0 Å². The minimum atomic E-state index is -1.80. The van der Waals surface area contributed by atoms with Gasteiger partial charge < -0.3 is 80.2 Å². The van der Waals surface area contributed by atoms with Gasteiger partial charge in [0.05, 0.1) is 6.61 Å². The number of ether oxygens (including phenoxy) is 1. The van der Waals surface area contributed by atoms with Crippen LogP contribution in [0.1, 0.15) is 160 Å². The summed E-state index contributed by atoms with van der Waals surface area (Å²) in [5.74, 6) is -13.0. The lowest BCUT2D eigenvalue weighted by Gasteiger charge is -2.31. The van der Waals surface area contributed by atoms with Crippen molar-refractivity contribution in [1.82, 2.24) is 53.2 Å². The van der Waals surface area contributed by atoms with Gasteiger partial charge in [-0.1, -0.05) is 132 Å². The fourth-order valence-corrected chi connectivity index (χ4v) is 9.78. The van der Waals surface area contributed by atoms with Crippen LogP contribution in [0.3, 0.4) is 0 Å². The van der Waals surface area contributed by atoms with Crippen molar-refractivity contribution in [1.29, 1.82) is 0 Å². The van der Waals surface area contributed by atoms with E-state index in [1.54, 1.807) is 48.5 Å². The van der Waals surface area contributed by atoms with Gasteiger partial charge in [0.15, 0.2) is 5.96 Å². The Morgan fingerprint density at radius 1 is 0.589 bits per heavy atom. The summed E-state index contributed by atoms with van der Waals surface area (Å²) in [5.41, 5.74) is 17.6. The van der Waals surface area contributed by atoms with Crippen LogP contribution >= 0.6 is 0 Å². The third kappa shape index (κ3) is 25.5. The second-order valence-corrected chi connectivity index (χ2v) is 24.2. The van der Waals surface area contributed by atoms with Crippen LogP contribution in [0.5, 0.6) is 0 Å². The van der Waals surface area contributed by atoms with Crippen LogP contribution < -0.4 is 70.4 Å². The molecule has 0 saturated carbocycles. The van der Waals surface area contributed by atoms with Gasteiger partial charge in [0.1, 0.15) is 66.5 Å². The highest BCUT2D eigenvalue weighted by molar-refractivity contribution is 5.99. The molecule has 1 fully saturated rings. The predicted molar refractivity (Wildman–Crippen MR) is 337 cm³/mol. The largest absolute Gasteiger partial charge is 0.458 e. The predicted octanol–water partition coefficient (Wildman–Crippen LogP) is -0.390. The molecule has 1 heterocycles. The number of aliphatic hydroxyl groups excluding tert-OH is 1. The Balaban J connectivity index is 2.49. The molecule has 11 amide bonds. The molecule has 17 N–H and O–H groups in total. The minimum absolute atomic E-state index is 0.0484. The highest BCUT2D eigenvalue weighted by atomic mass is 16.5. The Kier molecular flexibility index (Phi) is 34.1. The number of nitrogens with one attached hydrogen (secondary N) is 10. The molecular formula is C62H104N14O14. The quantitative estimate of drug-likeness (QED) is 0.0178. The summed E-state index contributed by atoms with van der Waals surface area (Å²) in [6.45, 7) is 21.0. The van der Waals surface area contributed by atoms with Crippen molar-refractivity contribution in [2.45, 2.75) is 227 Å². The van der Waals surface area contributed by atoms with E-state index in [1.807, 2.05) is 58.0 Å². The van der Waals surface area contributed by atoms with E-state index in [-0.39, 0.29) is 62.9 Å². The second kappa shape index (κ2) is 39.3. The molecule has 28 nitrogen and oxygen atoms in total. The lowest BCUT2D eigenvalue weighted by atomic mass is 9.93. The molecule has 0 aromatic heterocycles. The van der Waals surface area contributed by atoms with Gasteiger partial charge >= 0.3 is 5.97 Å². The van der Waals surface area contributed by atoms with Crippen LogP contribution in [0.4, 0.5) is 0 Å². The van der Waals surface area contributed by atoms with Gasteiger partial charge in [-0.3, -0.25) is 57.7 Å². The summed E-state index contributed by atoms with van der Waals surface area (Å²) in [5, 5.41) is 36.9. The summed E-state index contributed by atoms with van der Waals surface area (Å²) in [6.07, 6.45) is 0.361. The van der Waals surface area contributed by atoms with Crippen LogP contribution in [0, 0.1) is 35.5 Å². The number of nitrogens with two attached hydrogens (primary N) is 3. The maximum Gasteiger partial charge on any atom is 0.329 e. The summed E-state index contributed by atoms with van der Waals surface area (Å²) >= 11 is 0. The van der Waals surface area contributed by atoms with E-state index < -0.39 is 174 Å². The number of carbonyl (C=O) groups is 12. The van der Waals surface area contributed by atoms with Crippen molar-refractivity contribution in [3.8, 4) is 0 Å². The third-order valence-electron chi connectivity index (χ3n) is 16.5. The summed E-state index contributed by atoms with van der Waals surface area (Å²) in [4.78, 5) is 171. The van der Waals surface area contributed by atoms with E-state index in [0.29, 0.717) is 25.7 Å². The van der Waals surface area contributed by atoms with Crippen molar-refractivity contribution in [3.63, 3.8) is 0 Å². The van der Waals surface area contributed by atoms with Gasteiger partial charge in [0, 0.05) is 18.9 Å². The van der Waals surface area contributed by atoms with Crippen molar-refractivity contribution in [2.75, 3.05) is 13.2 Å². The molecule has 1 saturated heterocycles. The Hall–Kier alpha value is -7.91. The molecule has 16 atom stereocenters. The van der Waals surface area contributed by atoms with Crippen molar-refractivity contribution in [2.24, 2.45) is 57.7 Å². The molecule has 1 aliphatic heterocycles. The number of guanidine groups is 1. The number of benzene rings is 1. The number of carbonyl (C=O) groups excluding carboxylic acids is 12. The van der Waals surface area contributed by atoms with Crippen molar-refractivity contribution < 1.29 is 67.4 Å². The number of aliphatic imine (C=N–C) groups is 1.